The number of esters is 1. The number of nitrogens with zero attached hydrogens (tertiary/aromatic N) is 1. The average Bonchev–Trinajstić information content (AvgIpc) is 2.43. The number of carbonyl (C=O) groups excluding carboxylic acids is 1. The van der Waals surface area contributed by atoms with Crippen molar-refractivity contribution in [2.24, 2.45) is 11.8 Å². The van der Waals surface area contributed by atoms with Crippen LogP contribution in [0.2, 0.25) is 0 Å². The quantitative estimate of drug-likeness (QED) is 0.789. The van der Waals surface area contributed by atoms with Gasteiger partial charge in [0.1, 0.15) is 0 Å². The van der Waals surface area contributed by atoms with E-state index in [4.69, 9.17) is 4.74 Å². The van der Waals surface area contributed by atoms with Gasteiger partial charge < -0.3 is 4.74 Å². The fraction of sp³-hybridized carbons (Fsp3) is 0.375. The van der Waals surface area contributed by atoms with Gasteiger partial charge in [-0.25, -0.2) is 0 Å². The summed E-state index contributed by atoms with van der Waals surface area (Å²) >= 11 is 0. The first-order valence-electron chi connectivity index (χ1n) is 6.53. The topological polar surface area (TPSA) is 39.2 Å². The molecule has 0 aliphatic rings. The Morgan fingerprint density at radius 1 is 1.32 bits per heavy atom. The number of hydrogen-bond donors (Lipinski definition) is 0. The predicted octanol–water partition coefficient (Wildman–Crippen LogP) is 3.22. The minimum absolute atomic E-state index is 0.0980. The monoisotopic (exact) mass is 257 g/mol. The molecule has 0 spiro atoms. The molecule has 1 atom stereocenters. The van der Waals surface area contributed by atoms with E-state index in [-0.39, 0.29) is 17.8 Å². The molecule has 0 N–H and O–H groups in total. The summed E-state index contributed by atoms with van der Waals surface area (Å²) in [5, 5.41) is 1.10. The summed E-state index contributed by atoms with van der Waals surface area (Å²) in [6, 6.07) is 10.1. The molecule has 19 heavy (non-hydrogen) atoms. The number of fused-ring (bicyclic) bond motifs is 1. The van der Waals surface area contributed by atoms with E-state index < -0.39 is 0 Å². The van der Waals surface area contributed by atoms with Crippen LogP contribution in [0.1, 0.15) is 19.4 Å². The molecule has 0 radical (unpaired) electrons. The molecule has 0 saturated carbocycles. The van der Waals surface area contributed by atoms with E-state index >= 15 is 0 Å². The largest absolute Gasteiger partial charge is 0.469 e. The Hall–Kier alpha value is -1.90. The lowest BCUT2D eigenvalue weighted by Crippen LogP contribution is -2.23. The van der Waals surface area contributed by atoms with Crippen molar-refractivity contribution >= 4 is 16.9 Å². The van der Waals surface area contributed by atoms with Crippen LogP contribution in [0.5, 0.6) is 0 Å². The van der Waals surface area contributed by atoms with Crippen molar-refractivity contribution < 1.29 is 9.53 Å². The van der Waals surface area contributed by atoms with E-state index in [1.807, 2.05) is 38.1 Å². The van der Waals surface area contributed by atoms with Gasteiger partial charge >= 0.3 is 5.97 Å². The van der Waals surface area contributed by atoms with Crippen LogP contribution < -0.4 is 0 Å². The second-order valence-corrected chi connectivity index (χ2v) is 5.11. The van der Waals surface area contributed by atoms with Gasteiger partial charge in [0, 0.05) is 11.6 Å². The lowest BCUT2D eigenvalue weighted by atomic mass is 9.89. The van der Waals surface area contributed by atoms with Gasteiger partial charge in [-0.1, -0.05) is 26.0 Å². The normalized spacial score (nSPS) is 12.6. The predicted molar refractivity (Wildman–Crippen MR) is 75.8 cm³/mol. The van der Waals surface area contributed by atoms with E-state index in [0.29, 0.717) is 6.42 Å². The second-order valence-electron chi connectivity index (χ2n) is 5.11. The molecular weight excluding hydrogens is 238 g/mol. The van der Waals surface area contributed by atoms with Crippen LogP contribution in [0.15, 0.2) is 36.5 Å². The van der Waals surface area contributed by atoms with Crippen molar-refractivity contribution in [1.29, 1.82) is 0 Å². The highest BCUT2D eigenvalue weighted by molar-refractivity contribution is 5.79. The first-order chi connectivity index (χ1) is 9.11. The van der Waals surface area contributed by atoms with Gasteiger partial charge in [0.15, 0.2) is 0 Å². The standard InChI is InChI=1S/C16H19NO2/c1-11(2)14(16(18)19-3)10-12-6-7-15-13(9-12)5-4-8-17-15/h4-9,11,14H,10H2,1-3H3. The first-order valence-corrected chi connectivity index (χ1v) is 6.53. The van der Waals surface area contributed by atoms with Crippen molar-refractivity contribution in [2.45, 2.75) is 20.3 Å². The van der Waals surface area contributed by atoms with Crippen LogP contribution in [0.25, 0.3) is 10.9 Å². The number of benzene rings is 1. The summed E-state index contributed by atoms with van der Waals surface area (Å²) < 4.78 is 4.88. The minimum Gasteiger partial charge on any atom is -0.469 e. The number of rotatable bonds is 4. The van der Waals surface area contributed by atoms with Crippen LogP contribution in [-0.4, -0.2) is 18.1 Å². The Labute approximate surface area is 113 Å². The third-order valence-corrected chi connectivity index (χ3v) is 3.43. The smallest absolute Gasteiger partial charge is 0.309 e. The molecule has 0 aliphatic heterocycles. The SMILES string of the molecule is COC(=O)C(Cc1ccc2ncccc2c1)C(C)C. The maximum atomic E-state index is 11.8. The average molecular weight is 257 g/mol. The van der Waals surface area contributed by atoms with Crippen LogP contribution in [0.3, 0.4) is 0 Å². The molecule has 0 saturated heterocycles. The third kappa shape index (κ3) is 3.11. The number of ether oxygens (including phenoxy) is 1. The molecule has 1 aromatic carbocycles. The zero-order valence-electron chi connectivity index (χ0n) is 11.6. The Morgan fingerprint density at radius 3 is 2.79 bits per heavy atom. The van der Waals surface area contributed by atoms with E-state index in [9.17, 15) is 4.79 Å². The summed E-state index contributed by atoms with van der Waals surface area (Å²) in [5.74, 6) is 0.0254. The van der Waals surface area contributed by atoms with E-state index in [0.717, 1.165) is 16.5 Å². The van der Waals surface area contributed by atoms with Gasteiger partial charge in [0.05, 0.1) is 18.5 Å². The third-order valence-electron chi connectivity index (χ3n) is 3.43. The van der Waals surface area contributed by atoms with E-state index in [1.165, 1.54) is 7.11 Å². The van der Waals surface area contributed by atoms with Gasteiger partial charge in [-0.15, -0.1) is 0 Å². The first kappa shape index (κ1) is 13.5. The molecule has 1 unspecified atom stereocenters. The van der Waals surface area contributed by atoms with Crippen LogP contribution in [0.4, 0.5) is 0 Å². The summed E-state index contributed by atoms with van der Waals surface area (Å²) in [5.41, 5.74) is 2.12. The molecule has 3 heteroatoms. The fourth-order valence-electron chi connectivity index (χ4n) is 2.25. The Kier molecular flexibility index (Phi) is 4.15. The highest BCUT2D eigenvalue weighted by atomic mass is 16.5. The molecule has 3 nitrogen and oxygen atoms in total. The van der Waals surface area contributed by atoms with Crippen LogP contribution in [-0.2, 0) is 16.0 Å². The van der Waals surface area contributed by atoms with E-state index in [1.54, 1.807) is 6.20 Å². The van der Waals surface area contributed by atoms with Crippen molar-refractivity contribution in [3.8, 4) is 0 Å². The fourth-order valence-corrected chi connectivity index (χ4v) is 2.25. The van der Waals surface area contributed by atoms with Crippen molar-refractivity contribution in [3.63, 3.8) is 0 Å². The highest BCUT2D eigenvalue weighted by Gasteiger charge is 2.23. The van der Waals surface area contributed by atoms with Gasteiger partial charge in [-0.05, 0) is 36.1 Å². The van der Waals surface area contributed by atoms with Crippen LogP contribution >= 0.6 is 0 Å². The number of carbonyl (C=O) groups is 1. The molecule has 1 aromatic heterocycles. The molecule has 100 valence electrons. The molecular formula is C16H19NO2. The molecule has 0 aliphatic carbocycles. The molecule has 2 rings (SSSR count). The van der Waals surface area contributed by atoms with Gasteiger partial charge in [-0.2, -0.15) is 0 Å². The Balaban J connectivity index is 2.26. The number of hydrogen-bond acceptors (Lipinski definition) is 3. The van der Waals surface area contributed by atoms with Gasteiger partial charge in [-0.3, -0.25) is 9.78 Å². The minimum atomic E-state index is -0.138. The molecule has 2 aromatic rings. The van der Waals surface area contributed by atoms with E-state index in [2.05, 4.69) is 11.1 Å². The second kappa shape index (κ2) is 5.83. The number of pyridine rings is 1. The zero-order chi connectivity index (χ0) is 13.8. The molecule has 0 bridgehead atoms. The maximum absolute atomic E-state index is 11.8. The van der Waals surface area contributed by atoms with Crippen molar-refractivity contribution in [3.05, 3.63) is 42.1 Å². The van der Waals surface area contributed by atoms with Crippen molar-refractivity contribution in [1.82, 2.24) is 4.98 Å². The van der Waals surface area contributed by atoms with Gasteiger partial charge in [0.25, 0.3) is 0 Å². The Bertz CT molecular complexity index is 578. The Morgan fingerprint density at radius 2 is 2.11 bits per heavy atom. The van der Waals surface area contributed by atoms with Gasteiger partial charge in [0.2, 0.25) is 0 Å². The van der Waals surface area contributed by atoms with Crippen LogP contribution in [0, 0.1) is 11.8 Å². The lowest BCUT2D eigenvalue weighted by Gasteiger charge is -2.18. The zero-order valence-corrected chi connectivity index (χ0v) is 11.6. The number of methoxy groups -OCH3 is 1. The molecule has 1 heterocycles. The summed E-state index contributed by atoms with van der Waals surface area (Å²) in [4.78, 5) is 16.1. The summed E-state index contributed by atoms with van der Waals surface area (Å²) in [7, 11) is 1.45. The highest BCUT2D eigenvalue weighted by Crippen LogP contribution is 2.21. The molecule has 0 amide bonds. The molecule has 0 fully saturated rings. The number of aromatic nitrogens is 1. The lowest BCUT2D eigenvalue weighted by molar-refractivity contribution is -0.146. The van der Waals surface area contributed by atoms with Crippen molar-refractivity contribution in [2.75, 3.05) is 7.11 Å². The summed E-state index contributed by atoms with van der Waals surface area (Å²) in [6.45, 7) is 4.09. The summed E-state index contributed by atoms with van der Waals surface area (Å²) in [6.07, 6.45) is 2.49. The maximum Gasteiger partial charge on any atom is 0.309 e.